The predicted octanol–water partition coefficient (Wildman–Crippen LogP) is -1.43. The molecule has 8 heteroatoms. The van der Waals surface area contributed by atoms with E-state index in [0.717, 1.165) is 0 Å². The van der Waals surface area contributed by atoms with Gasteiger partial charge in [0, 0.05) is 0 Å². The third-order valence-electron chi connectivity index (χ3n) is 1.50. The first kappa shape index (κ1) is 11.9. The van der Waals surface area contributed by atoms with Gasteiger partial charge in [-0.15, -0.1) is 0 Å². The van der Waals surface area contributed by atoms with E-state index >= 15 is 0 Å². The van der Waals surface area contributed by atoms with Gasteiger partial charge in [-0.05, 0) is 0 Å². The zero-order valence-electron chi connectivity index (χ0n) is 6.59. The third-order valence-corrected chi connectivity index (χ3v) is 1.50. The highest BCUT2D eigenvalue weighted by Gasteiger charge is 2.56. The van der Waals surface area contributed by atoms with Gasteiger partial charge in [0.15, 0.2) is 0 Å². The normalized spacial score (nSPS) is 10.6. The molecule has 0 aromatic carbocycles. The van der Waals surface area contributed by atoms with Crippen LogP contribution in [0.5, 0.6) is 0 Å². The number of carbonyl (C=O) groups excluding carboxylic acids is 1. The van der Waals surface area contributed by atoms with Crippen molar-refractivity contribution in [1.29, 1.82) is 0 Å². The molecule has 14 heavy (non-hydrogen) atoms. The van der Waals surface area contributed by atoms with Crippen LogP contribution in [0.2, 0.25) is 0 Å². The smallest absolute Gasteiger partial charge is 0.357 e. The molecule has 0 rings (SSSR count). The maximum atomic E-state index is 10.4. The zero-order valence-corrected chi connectivity index (χ0v) is 6.59. The average Bonchev–Trinajstić information content (AvgIpc) is 1.97. The van der Waals surface area contributed by atoms with Crippen LogP contribution in [0.15, 0.2) is 0 Å². The van der Waals surface area contributed by atoms with Crippen LogP contribution < -0.4 is 0 Å². The van der Waals surface area contributed by atoms with Crippen LogP contribution in [-0.2, 0) is 24.3 Å². The second kappa shape index (κ2) is 3.73. The molecule has 8 nitrogen and oxygen atoms in total. The predicted molar refractivity (Wildman–Crippen MR) is 35.7 cm³/mol. The van der Waals surface area contributed by atoms with E-state index in [1.807, 2.05) is 0 Å². The van der Waals surface area contributed by atoms with Crippen molar-refractivity contribution in [3.05, 3.63) is 0 Å². The summed E-state index contributed by atoms with van der Waals surface area (Å²) in [6, 6.07) is 0. The third kappa shape index (κ3) is 1.79. The molecule has 0 heterocycles. The monoisotopic (exact) mass is 205 g/mol. The van der Waals surface area contributed by atoms with Gasteiger partial charge in [0.05, 0.1) is 6.42 Å². The maximum Gasteiger partial charge on any atom is 0.357 e. The molecular weight excluding hydrogens is 200 g/mol. The lowest BCUT2D eigenvalue weighted by Crippen LogP contribution is -2.47. The molecule has 0 saturated carbocycles. The number of carboxylic acids is 3. The highest BCUT2D eigenvalue weighted by Crippen LogP contribution is 2.23. The first-order chi connectivity index (χ1) is 6.25. The summed E-state index contributed by atoms with van der Waals surface area (Å²) >= 11 is 0. The van der Waals surface area contributed by atoms with Crippen LogP contribution in [0.25, 0.3) is 0 Å². The van der Waals surface area contributed by atoms with Crippen molar-refractivity contribution >= 4 is 23.9 Å². The molecule has 0 aliphatic heterocycles. The number of hydrogen-bond donors (Lipinski definition) is 3. The fraction of sp³-hybridized carbons (Fsp3) is 0.333. The number of aliphatic carboxylic acids is 3. The van der Waals surface area contributed by atoms with Crippen molar-refractivity contribution in [2.24, 2.45) is 5.41 Å². The molecule has 0 aliphatic rings. The Bertz CT molecular complexity index is 267. The molecular formula is C6H5O8. The van der Waals surface area contributed by atoms with Crippen molar-refractivity contribution in [3.8, 4) is 0 Å². The summed E-state index contributed by atoms with van der Waals surface area (Å²) in [5.41, 5.74) is -3.39. The lowest BCUT2D eigenvalue weighted by Gasteiger charge is -2.16. The van der Waals surface area contributed by atoms with Crippen LogP contribution in [0, 0.1) is 5.41 Å². The van der Waals surface area contributed by atoms with E-state index in [4.69, 9.17) is 15.3 Å². The highest BCUT2D eigenvalue weighted by molar-refractivity contribution is 6.18. The molecule has 0 unspecified atom stereocenters. The van der Waals surface area contributed by atoms with Crippen LogP contribution in [0.1, 0.15) is 6.42 Å². The van der Waals surface area contributed by atoms with Crippen LogP contribution in [0.3, 0.4) is 0 Å². The molecule has 3 N–H and O–H groups in total. The number of carbonyl (C=O) groups is 4. The Morgan fingerprint density at radius 1 is 0.857 bits per heavy atom. The summed E-state index contributed by atoms with van der Waals surface area (Å²) in [5.74, 6) is -8.86. The van der Waals surface area contributed by atoms with E-state index in [1.165, 1.54) is 0 Å². The average molecular weight is 205 g/mol. The maximum absolute atomic E-state index is 10.4. The molecule has 1 radical (unpaired) electrons. The molecule has 0 aromatic heterocycles. The lowest BCUT2D eigenvalue weighted by atomic mass is 9.85. The molecule has 0 spiro atoms. The van der Waals surface area contributed by atoms with Gasteiger partial charge in [-0.1, -0.05) is 0 Å². The fourth-order valence-corrected chi connectivity index (χ4v) is 0.718. The van der Waals surface area contributed by atoms with Crippen molar-refractivity contribution in [3.63, 3.8) is 0 Å². The molecule has 0 aromatic rings. The molecule has 0 atom stereocenters. The van der Waals surface area contributed by atoms with Gasteiger partial charge in [-0.25, -0.2) is 9.90 Å². The number of rotatable bonds is 5. The summed E-state index contributed by atoms with van der Waals surface area (Å²) < 4.78 is 0. The fourth-order valence-electron chi connectivity index (χ4n) is 0.718. The van der Waals surface area contributed by atoms with Crippen LogP contribution in [0.4, 0.5) is 0 Å². The van der Waals surface area contributed by atoms with E-state index in [1.54, 1.807) is 0 Å². The minimum absolute atomic E-state index is 1.63. The minimum atomic E-state index is -3.39. The van der Waals surface area contributed by atoms with E-state index < -0.39 is 35.7 Å². The molecule has 77 valence electrons. The Balaban J connectivity index is 5.38. The first-order valence-electron chi connectivity index (χ1n) is 3.15. The summed E-state index contributed by atoms with van der Waals surface area (Å²) in [6.07, 6.45) is -1.63. The van der Waals surface area contributed by atoms with Crippen molar-refractivity contribution in [1.82, 2.24) is 0 Å². The van der Waals surface area contributed by atoms with Gasteiger partial charge in [0.2, 0.25) is 0 Å². The van der Waals surface area contributed by atoms with Gasteiger partial charge in [-0.2, -0.15) is 0 Å². The van der Waals surface area contributed by atoms with Crippen molar-refractivity contribution < 1.29 is 39.6 Å². The van der Waals surface area contributed by atoms with Gasteiger partial charge in [0.25, 0.3) is 5.41 Å². The Labute approximate surface area is 76.4 Å². The second-order valence-corrected chi connectivity index (χ2v) is 2.37. The number of carboxylic acid groups (broad SMARTS) is 3. The quantitative estimate of drug-likeness (QED) is 0.465. The summed E-state index contributed by atoms with van der Waals surface area (Å²) in [4.78, 5) is 41.2. The Hall–Kier alpha value is -2.12. The highest BCUT2D eigenvalue weighted by atomic mass is 16.4. The van der Waals surface area contributed by atoms with E-state index in [0.29, 0.717) is 0 Å². The minimum Gasteiger partial charge on any atom is -0.480 e. The second-order valence-electron chi connectivity index (χ2n) is 2.37. The van der Waals surface area contributed by atoms with Gasteiger partial charge >= 0.3 is 23.9 Å². The standard InChI is InChI=1S/C6H5O8/c7-2(8)1-6(3(9)10,4(11)12)5(13)14/h1H2,(H,9,10)(H,11,12)(H,13,14). The molecule has 0 aliphatic carbocycles. The SMILES string of the molecule is [O]C(=O)CC(C(=O)O)(C(=O)O)C(=O)O. The Kier molecular flexibility index (Phi) is 3.16. The van der Waals surface area contributed by atoms with Crippen LogP contribution >= 0.6 is 0 Å². The van der Waals surface area contributed by atoms with Gasteiger partial charge in [-0.3, -0.25) is 14.4 Å². The molecule has 0 amide bonds. The van der Waals surface area contributed by atoms with Gasteiger partial charge < -0.3 is 15.3 Å². The van der Waals surface area contributed by atoms with E-state index in [9.17, 15) is 24.3 Å². The van der Waals surface area contributed by atoms with E-state index in [2.05, 4.69) is 0 Å². The summed E-state index contributed by atoms with van der Waals surface area (Å²) in [5, 5.41) is 35.1. The largest absolute Gasteiger partial charge is 0.480 e. The van der Waals surface area contributed by atoms with Gasteiger partial charge in [0.1, 0.15) is 0 Å². The first-order valence-corrected chi connectivity index (χ1v) is 3.15. The molecule has 0 saturated heterocycles. The molecule has 0 bridgehead atoms. The summed E-state index contributed by atoms with van der Waals surface area (Å²) in [6.45, 7) is 0. The molecule has 0 fully saturated rings. The summed E-state index contributed by atoms with van der Waals surface area (Å²) in [7, 11) is 0. The topological polar surface area (TPSA) is 149 Å². The lowest BCUT2D eigenvalue weighted by molar-refractivity contribution is -0.180. The zero-order chi connectivity index (χ0) is 11.5. The van der Waals surface area contributed by atoms with Crippen LogP contribution in [-0.4, -0.2) is 39.2 Å². The van der Waals surface area contributed by atoms with E-state index in [-0.39, 0.29) is 0 Å². The number of hydrogen-bond acceptors (Lipinski definition) is 4. The Morgan fingerprint density at radius 3 is 1.21 bits per heavy atom. The van der Waals surface area contributed by atoms with Crippen molar-refractivity contribution in [2.75, 3.05) is 0 Å². The van der Waals surface area contributed by atoms with Crippen molar-refractivity contribution in [2.45, 2.75) is 6.42 Å². The Morgan fingerprint density at radius 2 is 1.14 bits per heavy atom.